The van der Waals surface area contributed by atoms with Gasteiger partial charge in [0.05, 0.1) is 12.1 Å². The van der Waals surface area contributed by atoms with Gasteiger partial charge in [0.15, 0.2) is 0 Å². The molecule has 0 saturated heterocycles. The molecule has 1 aromatic carbocycles. The van der Waals surface area contributed by atoms with Gasteiger partial charge in [0.1, 0.15) is 17.2 Å². The van der Waals surface area contributed by atoms with Crippen LogP contribution in [0.1, 0.15) is 5.82 Å². The first-order valence-corrected chi connectivity index (χ1v) is 4.53. The van der Waals surface area contributed by atoms with Crippen molar-refractivity contribution >= 4 is 27.0 Å². The van der Waals surface area contributed by atoms with Crippen molar-refractivity contribution in [3.63, 3.8) is 0 Å². The van der Waals surface area contributed by atoms with E-state index >= 15 is 0 Å². The largest absolute Gasteiger partial charge is 0.341 e. The minimum atomic E-state index is -0.299. The number of nitrogens with one attached hydrogen (secondary N) is 1. The van der Waals surface area contributed by atoms with Crippen molar-refractivity contribution in [1.29, 1.82) is 0 Å². The first-order valence-electron chi connectivity index (χ1n) is 3.74. The van der Waals surface area contributed by atoms with E-state index in [1.807, 2.05) is 0 Å². The molecular weight excluding hydrogens is 237 g/mol. The van der Waals surface area contributed by atoms with Crippen LogP contribution < -0.4 is 5.73 Å². The zero-order chi connectivity index (χ0) is 9.42. The number of H-pyrrole nitrogens is 1. The molecule has 0 aliphatic rings. The number of aromatic nitrogens is 2. The molecule has 0 aliphatic heterocycles. The van der Waals surface area contributed by atoms with E-state index in [1.54, 1.807) is 0 Å². The fourth-order valence-electron chi connectivity index (χ4n) is 1.19. The molecule has 0 saturated carbocycles. The quantitative estimate of drug-likeness (QED) is 0.805. The molecule has 0 fully saturated rings. The zero-order valence-corrected chi connectivity index (χ0v) is 8.23. The Balaban J connectivity index is 2.75. The summed E-state index contributed by atoms with van der Waals surface area (Å²) in [6.07, 6.45) is 0. The summed E-state index contributed by atoms with van der Waals surface area (Å²) in [6, 6.07) is 2.77. The number of halogens is 2. The molecule has 0 aliphatic carbocycles. The minimum absolute atomic E-state index is 0.299. The lowest BCUT2D eigenvalue weighted by molar-refractivity contribution is 0.628. The van der Waals surface area contributed by atoms with Crippen LogP contribution in [0, 0.1) is 5.82 Å². The molecule has 13 heavy (non-hydrogen) atoms. The second-order valence-electron chi connectivity index (χ2n) is 2.67. The topological polar surface area (TPSA) is 54.7 Å². The molecule has 0 radical (unpaired) electrons. The smallest absolute Gasteiger partial charge is 0.126 e. The predicted molar refractivity (Wildman–Crippen MR) is 51.6 cm³/mol. The summed E-state index contributed by atoms with van der Waals surface area (Å²) >= 11 is 3.23. The third-order valence-electron chi connectivity index (χ3n) is 1.75. The number of imidazole rings is 1. The van der Waals surface area contributed by atoms with Gasteiger partial charge in [-0.1, -0.05) is 0 Å². The monoisotopic (exact) mass is 243 g/mol. The van der Waals surface area contributed by atoms with Gasteiger partial charge in [-0.3, -0.25) is 0 Å². The molecule has 0 spiro atoms. The van der Waals surface area contributed by atoms with Crippen molar-refractivity contribution in [2.75, 3.05) is 0 Å². The van der Waals surface area contributed by atoms with Crippen LogP contribution in [-0.2, 0) is 6.54 Å². The Bertz CT molecular complexity index is 452. The van der Waals surface area contributed by atoms with Crippen LogP contribution in [0.4, 0.5) is 4.39 Å². The first kappa shape index (κ1) is 8.65. The van der Waals surface area contributed by atoms with E-state index in [0.717, 1.165) is 0 Å². The molecule has 68 valence electrons. The number of aromatic amines is 1. The highest BCUT2D eigenvalue weighted by Crippen LogP contribution is 2.23. The molecule has 1 heterocycles. The van der Waals surface area contributed by atoms with Crippen molar-refractivity contribution < 1.29 is 4.39 Å². The molecule has 0 unspecified atom stereocenters. The van der Waals surface area contributed by atoms with E-state index in [1.165, 1.54) is 12.1 Å². The Kier molecular flexibility index (Phi) is 2.05. The minimum Gasteiger partial charge on any atom is -0.341 e. The van der Waals surface area contributed by atoms with Crippen LogP contribution in [0.2, 0.25) is 0 Å². The second kappa shape index (κ2) is 3.08. The average molecular weight is 244 g/mol. The summed E-state index contributed by atoms with van der Waals surface area (Å²) in [7, 11) is 0. The fraction of sp³-hybridized carbons (Fsp3) is 0.125. The number of hydrogen-bond acceptors (Lipinski definition) is 2. The Labute approximate surface area is 82.3 Å². The maximum absolute atomic E-state index is 12.9. The fourth-order valence-corrected chi connectivity index (χ4v) is 1.71. The van der Waals surface area contributed by atoms with E-state index < -0.39 is 0 Å². The maximum Gasteiger partial charge on any atom is 0.126 e. The molecule has 5 heteroatoms. The van der Waals surface area contributed by atoms with Crippen molar-refractivity contribution in [3.8, 4) is 0 Å². The summed E-state index contributed by atoms with van der Waals surface area (Å²) in [5.41, 5.74) is 6.77. The number of fused-ring (bicyclic) bond motifs is 1. The number of nitrogens with two attached hydrogens (primary N) is 1. The van der Waals surface area contributed by atoms with Gasteiger partial charge in [-0.15, -0.1) is 0 Å². The van der Waals surface area contributed by atoms with Gasteiger partial charge in [-0.2, -0.15) is 0 Å². The molecule has 0 amide bonds. The highest BCUT2D eigenvalue weighted by molar-refractivity contribution is 9.10. The van der Waals surface area contributed by atoms with Gasteiger partial charge in [-0.05, 0) is 28.1 Å². The number of benzene rings is 1. The highest BCUT2D eigenvalue weighted by atomic mass is 79.9. The summed E-state index contributed by atoms with van der Waals surface area (Å²) in [5, 5.41) is 0. The molecule has 2 aromatic rings. The summed E-state index contributed by atoms with van der Waals surface area (Å²) in [4.78, 5) is 7.10. The SMILES string of the molecule is NCc1nc2c(Br)cc(F)cc2[nH]1. The summed E-state index contributed by atoms with van der Waals surface area (Å²) in [6.45, 7) is 0.322. The molecule has 2 rings (SSSR count). The lowest BCUT2D eigenvalue weighted by atomic mass is 10.3. The standard InChI is InChI=1S/C8H7BrFN3/c9-5-1-4(10)2-6-8(5)13-7(3-11)12-6/h1-2H,3,11H2,(H,12,13). The Morgan fingerprint density at radius 3 is 3.00 bits per heavy atom. The summed E-state index contributed by atoms with van der Waals surface area (Å²) < 4.78 is 13.5. The third-order valence-corrected chi connectivity index (χ3v) is 2.35. The van der Waals surface area contributed by atoms with Crippen molar-refractivity contribution in [2.24, 2.45) is 5.73 Å². The maximum atomic E-state index is 12.9. The lowest BCUT2D eigenvalue weighted by Crippen LogP contribution is -1.97. The van der Waals surface area contributed by atoms with Gasteiger partial charge in [0.25, 0.3) is 0 Å². The van der Waals surface area contributed by atoms with E-state index in [4.69, 9.17) is 5.73 Å². The van der Waals surface area contributed by atoms with Crippen LogP contribution in [0.5, 0.6) is 0 Å². The molecular formula is C8H7BrFN3. The van der Waals surface area contributed by atoms with Crippen LogP contribution in [-0.4, -0.2) is 9.97 Å². The first-order chi connectivity index (χ1) is 6.20. The van der Waals surface area contributed by atoms with Gasteiger partial charge in [-0.25, -0.2) is 9.37 Å². The van der Waals surface area contributed by atoms with Gasteiger partial charge >= 0.3 is 0 Å². The van der Waals surface area contributed by atoms with Crippen molar-refractivity contribution in [3.05, 3.63) is 28.2 Å². The second-order valence-corrected chi connectivity index (χ2v) is 3.53. The van der Waals surface area contributed by atoms with Gasteiger partial charge in [0, 0.05) is 4.47 Å². The van der Waals surface area contributed by atoms with Crippen molar-refractivity contribution in [2.45, 2.75) is 6.54 Å². The Morgan fingerprint density at radius 2 is 2.31 bits per heavy atom. The predicted octanol–water partition coefficient (Wildman–Crippen LogP) is 1.92. The van der Waals surface area contributed by atoms with Crippen LogP contribution in [0.3, 0.4) is 0 Å². The summed E-state index contributed by atoms with van der Waals surface area (Å²) in [5.74, 6) is 0.355. The number of hydrogen-bond donors (Lipinski definition) is 2. The molecule has 3 nitrogen and oxygen atoms in total. The van der Waals surface area contributed by atoms with E-state index in [9.17, 15) is 4.39 Å². The number of nitrogens with zero attached hydrogens (tertiary/aromatic N) is 1. The van der Waals surface area contributed by atoms with Crippen molar-refractivity contribution in [1.82, 2.24) is 9.97 Å². The Morgan fingerprint density at radius 1 is 1.54 bits per heavy atom. The average Bonchev–Trinajstić information content (AvgIpc) is 2.47. The van der Waals surface area contributed by atoms with Gasteiger partial charge < -0.3 is 10.7 Å². The van der Waals surface area contributed by atoms with Crippen LogP contribution in [0.15, 0.2) is 16.6 Å². The van der Waals surface area contributed by atoms with E-state index in [0.29, 0.717) is 27.9 Å². The van der Waals surface area contributed by atoms with E-state index in [-0.39, 0.29) is 5.82 Å². The molecule has 0 atom stereocenters. The molecule has 3 N–H and O–H groups in total. The normalized spacial score (nSPS) is 11.0. The van der Waals surface area contributed by atoms with Crippen LogP contribution >= 0.6 is 15.9 Å². The molecule has 0 bridgehead atoms. The molecule has 1 aromatic heterocycles. The number of rotatable bonds is 1. The van der Waals surface area contributed by atoms with Gasteiger partial charge in [0.2, 0.25) is 0 Å². The Hall–Kier alpha value is -0.940. The lowest BCUT2D eigenvalue weighted by Gasteiger charge is -1.91. The zero-order valence-electron chi connectivity index (χ0n) is 6.64. The third kappa shape index (κ3) is 1.45. The van der Waals surface area contributed by atoms with Crippen LogP contribution in [0.25, 0.3) is 11.0 Å². The highest BCUT2D eigenvalue weighted by Gasteiger charge is 2.06. The van der Waals surface area contributed by atoms with E-state index in [2.05, 4.69) is 25.9 Å².